The third kappa shape index (κ3) is 7.35. The second kappa shape index (κ2) is 17.0. The molecular formula is C59H40IrN5. The fourth-order valence-electron chi connectivity index (χ4n) is 8.84. The van der Waals surface area contributed by atoms with Crippen LogP contribution in [0.5, 0.6) is 0 Å². The maximum Gasteiger partial charge on any atom is 3.00 e. The molecule has 0 aliphatic heterocycles. The molecule has 0 saturated heterocycles. The standard InChI is InChI=1S/C59H40N5.Ir/c1-38-57-51-13-5-4-12-49(51)52-30-33-62-56-50-29-28-45(37-53(50)59(63-38)64(57)58(52)56)47-10-2-3-11-48(47)46-35-41(18-16-39-20-24-43(25-21-39)54-14-6-8-31-60-54)34-42(36-46)19-17-40-22-26-44(27-23-40)55-15-7-9-32-61-55;/h2-15,20-24,26,28,30-37H,16-19H2,1H3;/q-3;+3/i16D2,17D2,18D2,19D2;. The number of pyridine rings is 5. The molecule has 0 aliphatic carbocycles. The Morgan fingerprint density at radius 1 is 0.492 bits per heavy atom. The van der Waals surface area contributed by atoms with Crippen molar-refractivity contribution in [3.63, 3.8) is 0 Å². The van der Waals surface area contributed by atoms with Gasteiger partial charge in [-0.3, -0.25) is 0 Å². The fraction of sp³-hybridized carbons (Fsp3) is 0.0847. The van der Waals surface area contributed by atoms with Crippen LogP contribution in [-0.4, -0.2) is 24.3 Å². The van der Waals surface area contributed by atoms with Gasteiger partial charge in [-0.2, -0.15) is 0 Å². The summed E-state index contributed by atoms with van der Waals surface area (Å²) >= 11 is 0. The molecule has 5 nitrogen and oxygen atoms in total. The molecule has 0 unspecified atom stereocenters. The Balaban J connectivity index is 0.00000574. The summed E-state index contributed by atoms with van der Waals surface area (Å²) in [5, 5.41) is 4.85. The Morgan fingerprint density at radius 3 is 1.69 bits per heavy atom. The van der Waals surface area contributed by atoms with E-state index in [1.54, 1.807) is 60.9 Å². The van der Waals surface area contributed by atoms with E-state index in [4.69, 9.17) is 9.97 Å². The van der Waals surface area contributed by atoms with E-state index in [1.165, 1.54) is 30.3 Å². The largest absolute Gasteiger partial charge is 3.00 e. The molecule has 0 aliphatic rings. The molecule has 0 N–H and O–H groups in total. The molecule has 0 amide bonds. The number of imidazole rings is 1. The van der Waals surface area contributed by atoms with Crippen LogP contribution in [0.1, 0.15) is 38.9 Å². The van der Waals surface area contributed by atoms with E-state index in [0.29, 0.717) is 39.2 Å². The zero-order valence-corrected chi connectivity index (χ0v) is 37.2. The van der Waals surface area contributed by atoms with Gasteiger partial charge in [0.2, 0.25) is 0 Å². The van der Waals surface area contributed by atoms with Crippen LogP contribution in [0.25, 0.3) is 93.9 Å². The van der Waals surface area contributed by atoms with E-state index in [2.05, 4.69) is 44.7 Å². The molecule has 6 heteroatoms. The molecule has 0 radical (unpaired) electrons. The monoisotopic (exact) mass is 1020 g/mol. The molecule has 6 aromatic carbocycles. The minimum Gasteiger partial charge on any atom is -0.306 e. The van der Waals surface area contributed by atoms with Gasteiger partial charge in [-0.15, -0.1) is 94.4 Å². The number of nitrogens with zero attached hydrogens (tertiary/aromatic N) is 5. The van der Waals surface area contributed by atoms with Crippen molar-refractivity contribution in [1.82, 2.24) is 24.3 Å². The summed E-state index contributed by atoms with van der Waals surface area (Å²) in [6.07, 6.45) is -5.87. The van der Waals surface area contributed by atoms with E-state index in [1.807, 2.05) is 79.9 Å². The predicted molar refractivity (Wildman–Crippen MR) is 260 cm³/mol. The van der Waals surface area contributed by atoms with E-state index in [9.17, 15) is 11.0 Å². The molecule has 12 aromatic rings. The van der Waals surface area contributed by atoms with Crippen molar-refractivity contribution in [3.8, 4) is 44.8 Å². The molecule has 12 rings (SSSR count). The third-order valence-electron chi connectivity index (χ3n) is 11.8. The van der Waals surface area contributed by atoms with Crippen LogP contribution in [-0.2, 0) is 45.6 Å². The number of aromatic nitrogens is 5. The molecular weight excluding hydrogens is 971 g/mol. The Labute approximate surface area is 402 Å². The summed E-state index contributed by atoms with van der Waals surface area (Å²) in [5.41, 5.74) is 8.83. The van der Waals surface area contributed by atoms with Crippen LogP contribution in [0.4, 0.5) is 0 Å². The van der Waals surface area contributed by atoms with Crippen LogP contribution in [0, 0.1) is 25.1 Å². The Morgan fingerprint density at radius 2 is 1.08 bits per heavy atom. The van der Waals surface area contributed by atoms with Crippen LogP contribution >= 0.6 is 0 Å². The van der Waals surface area contributed by atoms with Gasteiger partial charge in [-0.25, -0.2) is 4.98 Å². The van der Waals surface area contributed by atoms with Gasteiger partial charge >= 0.3 is 20.1 Å². The third-order valence-corrected chi connectivity index (χ3v) is 11.8. The Hall–Kier alpha value is -7.37. The second-order valence-electron chi connectivity index (χ2n) is 15.7. The summed E-state index contributed by atoms with van der Waals surface area (Å²) in [7, 11) is 0. The number of fused-ring (bicyclic) bond motifs is 6. The van der Waals surface area contributed by atoms with Crippen molar-refractivity contribution in [3.05, 3.63) is 222 Å². The molecule has 6 aromatic heterocycles. The van der Waals surface area contributed by atoms with Crippen molar-refractivity contribution in [2.75, 3.05) is 0 Å². The first-order valence-electron chi connectivity index (χ1n) is 25.0. The van der Waals surface area contributed by atoms with Crippen molar-refractivity contribution in [1.29, 1.82) is 0 Å². The second-order valence-corrected chi connectivity index (χ2v) is 15.7. The molecule has 65 heavy (non-hydrogen) atoms. The number of rotatable bonds is 10. The van der Waals surface area contributed by atoms with Gasteiger partial charge in [0.15, 0.2) is 0 Å². The average molecular weight is 1020 g/mol. The van der Waals surface area contributed by atoms with Gasteiger partial charge in [0.1, 0.15) is 5.65 Å². The van der Waals surface area contributed by atoms with Crippen LogP contribution in [0.3, 0.4) is 0 Å². The summed E-state index contributed by atoms with van der Waals surface area (Å²) < 4.78 is 78.6. The molecule has 310 valence electrons. The number of benzene rings is 6. The molecule has 0 bridgehead atoms. The Bertz CT molecular complexity index is 3930. The first kappa shape index (κ1) is 32.3. The molecule has 0 spiro atoms. The minimum absolute atomic E-state index is 0. The van der Waals surface area contributed by atoms with Crippen LogP contribution in [0.15, 0.2) is 176 Å². The van der Waals surface area contributed by atoms with E-state index in [0.717, 1.165) is 60.4 Å². The first-order valence-corrected chi connectivity index (χ1v) is 21.0. The van der Waals surface area contributed by atoms with Crippen molar-refractivity contribution < 1.29 is 31.1 Å². The summed E-state index contributed by atoms with van der Waals surface area (Å²) in [4.78, 5) is 18.8. The zero-order chi connectivity index (χ0) is 49.7. The molecule has 0 fully saturated rings. The molecule has 0 atom stereocenters. The van der Waals surface area contributed by atoms with Gasteiger partial charge in [0.05, 0.1) is 11.2 Å². The molecule has 0 saturated carbocycles. The molecule has 6 heterocycles. The predicted octanol–water partition coefficient (Wildman–Crippen LogP) is 13.5. The quantitative estimate of drug-likeness (QED) is 0.0778. The average Bonchev–Trinajstić information content (AvgIpc) is 3.78. The van der Waals surface area contributed by atoms with Gasteiger partial charge < -0.3 is 19.4 Å². The van der Waals surface area contributed by atoms with E-state index < -0.39 is 25.5 Å². The fourth-order valence-corrected chi connectivity index (χ4v) is 8.84. The number of hydrogen-bond donors (Lipinski definition) is 0. The Kier molecular flexibility index (Phi) is 8.43. The normalized spacial score (nSPS) is 14.3. The maximum atomic E-state index is 9.66. The van der Waals surface area contributed by atoms with E-state index >= 15 is 0 Å². The summed E-state index contributed by atoms with van der Waals surface area (Å²) in [6.45, 7) is 2.01. The van der Waals surface area contributed by atoms with Gasteiger partial charge in [0.25, 0.3) is 0 Å². The van der Waals surface area contributed by atoms with Crippen molar-refractivity contribution in [2.24, 2.45) is 0 Å². The van der Waals surface area contributed by atoms with E-state index in [-0.39, 0.29) is 42.4 Å². The smallest absolute Gasteiger partial charge is 0.306 e. The summed E-state index contributed by atoms with van der Waals surface area (Å²) in [6, 6.07) is 55.9. The minimum atomic E-state index is -2.80. The zero-order valence-electron chi connectivity index (χ0n) is 42.8. The first-order chi connectivity index (χ1) is 34.6. The van der Waals surface area contributed by atoms with Crippen molar-refractivity contribution >= 4 is 49.1 Å². The number of hydrogen-bond acceptors (Lipinski definition) is 4. The van der Waals surface area contributed by atoms with Gasteiger partial charge in [-0.1, -0.05) is 120 Å². The van der Waals surface area contributed by atoms with Crippen molar-refractivity contribution in [2.45, 2.75) is 32.4 Å². The maximum absolute atomic E-state index is 9.66. The van der Waals surface area contributed by atoms with Crippen LogP contribution in [0.2, 0.25) is 0 Å². The van der Waals surface area contributed by atoms with Crippen LogP contribution < -0.4 is 0 Å². The topological polar surface area (TPSA) is 56.0 Å². The van der Waals surface area contributed by atoms with Gasteiger partial charge in [-0.05, 0) is 76.9 Å². The number of aryl methyl sites for hydroxylation is 5. The summed E-state index contributed by atoms with van der Waals surface area (Å²) in [5.74, 6) is 0. The SMILES string of the molecule is [2H]C([2H])(c1c[c-]c(-c2ccccn2)cc1)C([2H])([2H])c1cc(-c2ccccc2-c2c[c-]c3c(c2)c2nc(C)c4c5ccccc5c5ccnc3c5n24)cc(C([2H])([2H])C([2H])([2H])c2c[c-]c(-c3ccccn3)cc2)c1.[Ir+3]. The van der Waals surface area contributed by atoms with Gasteiger partial charge in [0, 0.05) is 51.4 Å².